The summed E-state index contributed by atoms with van der Waals surface area (Å²) in [7, 11) is 0. The molecule has 0 unspecified atom stereocenters. The molecule has 2 N–H and O–H groups in total. The molecule has 0 spiro atoms. The second kappa shape index (κ2) is 10.1. The summed E-state index contributed by atoms with van der Waals surface area (Å²) in [6, 6.07) is 14.3. The number of nitrogens with one attached hydrogen (secondary N) is 2. The number of benzene rings is 2. The number of carbonyl (C=O) groups is 1. The van der Waals surface area contributed by atoms with Gasteiger partial charge < -0.3 is 14.2 Å². The molecule has 0 saturated heterocycles. The van der Waals surface area contributed by atoms with Gasteiger partial charge in [-0.3, -0.25) is 5.32 Å². The summed E-state index contributed by atoms with van der Waals surface area (Å²) in [5, 5.41) is 7.41. The van der Waals surface area contributed by atoms with Crippen LogP contribution in [-0.4, -0.2) is 33.6 Å². The van der Waals surface area contributed by atoms with Gasteiger partial charge in [0.1, 0.15) is 18.0 Å². The Labute approximate surface area is 194 Å². The predicted molar refractivity (Wildman–Crippen MR) is 129 cm³/mol. The third kappa shape index (κ3) is 5.28. The number of hydrogen-bond donors (Lipinski definition) is 2. The number of thioether (sulfide) groups is 2. The average Bonchev–Trinajstić information content (AvgIpc) is 3.34. The molecule has 0 aliphatic rings. The van der Waals surface area contributed by atoms with Gasteiger partial charge in [-0.25, -0.2) is 9.78 Å². The first-order valence-corrected chi connectivity index (χ1v) is 12.1. The largest absolute Gasteiger partial charge is 0.448 e. The lowest BCUT2D eigenvalue weighted by Crippen LogP contribution is -2.16. The summed E-state index contributed by atoms with van der Waals surface area (Å²) >= 11 is 3.37. The van der Waals surface area contributed by atoms with Gasteiger partial charge in [0.25, 0.3) is 0 Å². The molecule has 0 fully saturated rings. The van der Waals surface area contributed by atoms with E-state index in [4.69, 9.17) is 9.26 Å². The summed E-state index contributed by atoms with van der Waals surface area (Å²) in [4.78, 5) is 21.2. The number of para-hydroxylation sites is 2. The fraction of sp³-hybridized carbons (Fsp3) is 0.261. The number of rotatable bonds is 8. The smallest absolute Gasteiger partial charge is 0.411 e. The molecule has 0 aliphatic heterocycles. The van der Waals surface area contributed by atoms with Gasteiger partial charge in [0.2, 0.25) is 0 Å². The zero-order valence-electron chi connectivity index (χ0n) is 18.1. The SMILES string of the molecule is Cc1noc(C)c1NC(=O)OCCSc1cccc(CSc2nc3ccccc3[nH]2)c1C. The van der Waals surface area contributed by atoms with E-state index in [1.807, 2.05) is 24.3 Å². The molecular formula is C23H24N4O3S2. The minimum atomic E-state index is -0.507. The molecule has 0 bridgehead atoms. The highest BCUT2D eigenvalue weighted by atomic mass is 32.2. The summed E-state index contributed by atoms with van der Waals surface area (Å²) in [5.41, 5.74) is 5.72. The minimum Gasteiger partial charge on any atom is -0.448 e. The van der Waals surface area contributed by atoms with E-state index in [1.165, 1.54) is 16.0 Å². The number of aromatic amines is 1. The highest BCUT2D eigenvalue weighted by Crippen LogP contribution is 2.29. The van der Waals surface area contributed by atoms with Crippen molar-refractivity contribution in [2.75, 3.05) is 17.7 Å². The fourth-order valence-electron chi connectivity index (χ4n) is 3.20. The Kier molecular flexibility index (Phi) is 7.06. The monoisotopic (exact) mass is 468 g/mol. The Bertz CT molecular complexity index is 1180. The maximum Gasteiger partial charge on any atom is 0.411 e. The van der Waals surface area contributed by atoms with Crippen LogP contribution in [0.1, 0.15) is 22.6 Å². The number of carbonyl (C=O) groups excluding carboxylic acids is 1. The molecule has 4 aromatic rings. The van der Waals surface area contributed by atoms with E-state index in [2.05, 4.69) is 45.6 Å². The molecule has 32 heavy (non-hydrogen) atoms. The van der Waals surface area contributed by atoms with Gasteiger partial charge in [-0.05, 0) is 50.1 Å². The highest BCUT2D eigenvalue weighted by Gasteiger charge is 2.13. The van der Waals surface area contributed by atoms with Crippen LogP contribution in [0.3, 0.4) is 0 Å². The number of hydrogen-bond acceptors (Lipinski definition) is 7. The Balaban J connectivity index is 1.27. The van der Waals surface area contributed by atoms with Gasteiger partial charge in [-0.1, -0.05) is 41.2 Å². The summed E-state index contributed by atoms with van der Waals surface area (Å²) < 4.78 is 10.3. The Morgan fingerprint density at radius 2 is 1.97 bits per heavy atom. The summed E-state index contributed by atoms with van der Waals surface area (Å²) in [6.45, 7) is 5.94. The first-order valence-electron chi connectivity index (χ1n) is 10.2. The normalized spacial score (nSPS) is 11.1. The van der Waals surface area contributed by atoms with Crippen molar-refractivity contribution in [3.63, 3.8) is 0 Å². The second-order valence-electron chi connectivity index (χ2n) is 7.20. The average molecular weight is 469 g/mol. The van der Waals surface area contributed by atoms with Crippen molar-refractivity contribution in [2.24, 2.45) is 0 Å². The molecule has 166 valence electrons. The number of amides is 1. The van der Waals surface area contributed by atoms with E-state index in [1.54, 1.807) is 37.4 Å². The standard InChI is InChI=1S/C23H24N4O3S2/c1-14-17(13-32-22-24-18-8-4-5-9-19(18)25-22)7-6-10-20(14)31-12-11-29-23(28)26-21-15(2)27-30-16(21)3/h4-10H,11-13H2,1-3H3,(H,24,25)(H,26,28). The topological polar surface area (TPSA) is 93.0 Å². The highest BCUT2D eigenvalue weighted by molar-refractivity contribution is 7.99. The third-order valence-corrected chi connectivity index (χ3v) is 7.01. The molecule has 7 nitrogen and oxygen atoms in total. The molecule has 0 atom stereocenters. The van der Waals surface area contributed by atoms with Crippen molar-refractivity contribution in [2.45, 2.75) is 36.6 Å². The van der Waals surface area contributed by atoms with Crippen LogP contribution in [0.25, 0.3) is 11.0 Å². The predicted octanol–water partition coefficient (Wildman–Crippen LogP) is 6.11. The van der Waals surface area contributed by atoms with Crippen LogP contribution in [0.4, 0.5) is 10.5 Å². The summed E-state index contributed by atoms with van der Waals surface area (Å²) in [6.07, 6.45) is -0.507. The van der Waals surface area contributed by atoms with Crippen molar-refractivity contribution in [1.29, 1.82) is 0 Å². The van der Waals surface area contributed by atoms with Crippen LogP contribution >= 0.6 is 23.5 Å². The van der Waals surface area contributed by atoms with E-state index in [-0.39, 0.29) is 0 Å². The van der Waals surface area contributed by atoms with E-state index in [9.17, 15) is 4.79 Å². The molecule has 0 radical (unpaired) electrons. The van der Waals surface area contributed by atoms with Gasteiger partial charge in [0.15, 0.2) is 10.9 Å². The van der Waals surface area contributed by atoms with Crippen LogP contribution in [0, 0.1) is 20.8 Å². The van der Waals surface area contributed by atoms with Crippen molar-refractivity contribution >= 4 is 46.3 Å². The van der Waals surface area contributed by atoms with E-state index in [0.29, 0.717) is 29.5 Å². The zero-order valence-corrected chi connectivity index (χ0v) is 19.7. The second-order valence-corrected chi connectivity index (χ2v) is 9.30. The number of ether oxygens (including phenoxy) is 1. The molecule has 2 aromatic heterocycles. The van der Waals surface area contributed by atoms with Crippen LogP contribution in [-0.2, 0) is 10.5 Å². The van der Waals surface area contributed by atoms with E-state index < -0.39 is 6.09 Å². The number of aromatic nitrogens is 3. The Morgan fingerprint density at radius 3 is 2.75 bits per heavy atom. The van der Waals surface area contributed by atoms with Crippen molar-refractivity contribution in [3.8, 4) is 0 Å². The number of imidazole rings is 1. The molecular weight excluding hydrogens is 444 g/mol. The quantitative estimate of drug-likeness (QED) is 0.238. The van der Waals surface area contributed by atoms with E-state index >= 15 is 0 Å². The molecule has 1 amide bonds. The van der Waals surface area contributed by atoms with E-state index in [0.717, 1.165) is 21.9 Å². The summed E-state index contributed by atoms with van der Waals surface area (Å²) in [5.74, 6) is 2.05. The van der Waals surface area contributed by atoms with Gasteiger partial charge in [-0.2, -0.15) is 0 Å². The molecule has 2 aromatic carbocycles. The lowest BCUT2D eigenvalue weighted by Gasteiger charge is -2.11. The molecule has 2 heterocycles. The lowest BCUT2D eigenvalue weighted by molar-refractivity contribution is 0.169. The fourth-order valence-corrected chi connectivity index (χ4v) is 5.06. The van der Waals surface area contributed by atoms with Crippen LogP contribution in [0.15, 0.2) is 57.0 Å². The number of anilines is 1. The van der Waals surface area contributed by atoms with Gasteiger partial charge in [0.05, 0.1) is 11.0 Å². The van der Waals surface area contributed by atoms with Crippen molar-refractivity contribution < 1.29 is 14.1 Å². The first-order chi connectivity index (χ1) is 15.5. The lowest BCUT2D eigenvalue weighted by atomic mass is 10.1. The van der Waals surface area contributed by atoms with Gasteiger partial charge in [-0.15, -0.1) is 11.8 Å². The van der Waals surface area contributed by atoms with Gasteiger partial charge in [0, 0.05) is 16.4 Å². The van der Waals surface area contributed by atoms with Crippen molar-refractivity contribution in [1.82, 2.24) is 15.1 Å². The van der Waals surface area contributed by atoms with Crippen LogP contribution in [0.2, 0.25) is 0 Å². The third-order valence-electron chi connectivity index (χ3n) is 4.96. The van der Waals surface area contributed by atoms with Gasteiger partial charge >= 0.3 is 6.09 Å². The maximum absolute atomic E-state index is 12.0. The maximum atomic E-state index is 12.0. The molecule has 9 heteroatoms. The van der Waals surface area contributed by atoms with Crippen molar-refractivity contribution in [3.05, 3.63) is 65.0 Å². The minimum absolute atomic E-state index is 0.303. The molecule has 0 saturated carbocycles. The van der Waals surface area contributed by atoms with Crippen LogP contribution < -0.4 is 5.32 Å². The number of H-pyrrole nitrogens is 1. The number of nitrogens with zero attached hydrogens (tertiary/aromatic N) is 2. The first kappa shape index (κ1) is 22.3. The number of aryl methyl sites for hydroxylation is 2. The van der Waals surface area contributed by atoms with Crippen LogP contribution in [0.5, 0.6) is 0 Å². The molecule has 4 rings (SSSR count). The Hall–Kier alpha value is -2.91. The Morgan fingerprint density at radius 1 is 1.12 bits per heavy atom. The molecule has 0 aliphatic carbocycles. The zero-order chi connectivity index (χ0) is 22.5. The number of fused-ring (bicyclic) bond motifs is 1.